The van der Waals surface area contributed by atoms with E-state index in [4.69, 9.17) is 18.0 Å². The number of nitrogens with zero attached hydrogens (tertiary/aromatic N) is 2. The van der Waals surface area contributed by atoms with Crippen LogP contribution in [0, 0.1) is 0 Å². The molecule has 2 rings (SSSR count). The minimum Gasteiger partial charge on any atom is -0.393 e. The zero-order valence-electron chi connectivity index (χ0n) is 9.08. The van der Waals surface area contributed by atoms with E-state index in [1.54, 1.807) is 6.20 Å². The van der Waals surface area contributed by atoms with E-state index < -0.39 is 0 Å². The summed E-state index contributed by atoms with van der Waals surface area (Å²) in [7, 11) is 0. The van der Waals surface area contributed by atoms with Gasteiger partial charge in [0.25, 0.3) is 0 Å². The lowest BCUT2D eigenvalue weighted by Crippen LogP contribution is -2.19. The molecule has 0 saturated heterocycles. The molecule has 0 saturated carbocycles. The van der Waals surface area contributed by atoms with Gasteiger partial charge in [0.05, 0.1) is 21.7 Å². The topological polar surface area (TPSA) is 43.8 Å². The molecule has 1 aromatic heterocycles. The van der Waals surface area contributed by atoms with Gasteiger partial charge in [-0.3, -0.25) is 4.68 Å². The molecule has 0 fully saturated rings. The highest BCUT2D eigenvalue weighted by molar-refractivity contribution is 9.10. The van der Waals surface area contributed by atoms with Gasteiger partial charge in [-0.1, -0.05) is 42.5 Å². The Morgan fingerprint density at radius 3 is 2.65 bits per heavy atom. The summed E-state index contributed by atoms with van der Waals surface area (Å²) in [6, 6.07) is 10.2. The van der Waals surface area contributed by atoms with E-state index in [1.165, 1.54) is 0 Å². The predicted octanol–water partition coefficient (Wildman–Crippen LogP) is 2.91. The Bertz CT molecular complexity index is 509. The molecule has 17 heavy (non-hydrogen) atoms. The molecule has 1 heterocycles. The van der Waals surface area contributed by atoms with E-state index in [9.17, 15) is 0 Å². The Hall–Kier alpha value is -1.20. The maximum atomic E-state index is 5.65. The molecule has 1 atom stereocenters. The highest BCUT2D eigenvalue weighted by atomic mass is 79.9. The Morgan fingerprint density at radius 2 is 2.12 bits per heavy atom. The number of nitrogens with two attached hydrogens (primary N) is 1. The molecule has 0 amide bonds. The maximum Gasteiger partial charge on any atom is 0.0831 e. The molecule has 0 aliphatic carbocycles. The van der Waals surface area contributed by atoms with Crippen molar-refractivity contribution in [3.8, 4) is 0 Å². The monoisotopic (exact) mass is 309 g/mol. The van der Waals surface area contributed by atoms with Gasteiger partial charge in [-0.05, 0) is 21.5 Å². The molecule has 2 aromatic rings. The van der Waals surface area contributed by atoms with Gasteiger partial charge >= 0.3 is 0 Å². The van der Waals surface area contributed by atoms with Crippen LogP contribution in [0.4, 0.5) is 0 Å². The number of aromatic nitrogens is 2. The molecule has 0 radical (unpaired) electrons. The van der Waals surface area contributed by atoms with Gasteiger partial charge in [0.1, 0.15) is 0 Å². The number of hydrogen-bond donors (Lipinski definition) is 1. The van der Waals surface area contributed by atoms with Crippen LogP contribution in [0.2, 0.25) is 0 Å². The Labute approximate surface area is 114 Å². The van der Waals surface area contributed by atoms with E-state index in [0.29, 0.717) is 11.4 Å². The fraction of sp³-hybridized carbons (Fsp3) is 0.167. The highest BCUT2D eigenvalue weighted by Gasteiger charge is 2.15. The normalized spacial score (nSPS) is 12.3. The molecule has 1 aromatic carbocycles. The van der Waals surface area contributed by atoms with Crippen LogP contribution < -0.4 is 5.73 Å². The van der Waals surface area contributed by atoms with Crippen LogP contribution in [0.3, 0.4) is 0 Å². The van der Waals surface area contributed by atoms with Crippen LogP contribution >= 0.6 is 28.1 Å². The molecule has 2 N–H and O–H groups in total. The Morgan fingerprint density at radius 1 is 1.41 bits per heavy atom. The molecule has 5 heteroatoms. The third-order valence-electron chi connectivity index (χ3n) is 2.47. The fourth-order valence-corrected chi connectivity index (χ4v) is 2.17. The summed E-state index contributed by atoms with van der Waals surface area (Å²) in [5, 5.41) is 4.30. The Kier molecular flexibility index (Phi) is 3.91. The van der Waals surface area contributed by atoms with Crippen molar-refractivity contribution in [3.05, 3.63) is 52.8 Å². The van der Waals surface area contributed by atoms with Crippen molar-refractivity contribution in [1.29, 1.82) is 0 Å². The third kappa shape index (κ3) is 3.14. The van der Waals surface area contributed by atoms with E-state index in [0.717, 1.165) is 10.0 Å². The number of thiocarbonyl (C=S) groups is 1. The zero-order valence-corrected chi connectivity index (χ0v) is 11.5. The van der Waals surface area contributed by atoms with Crippen molar-refractivity contribution >= 4 is 33.1 Å². The zero-order chi connectivity index (χ0) is 12.3. The molecular formula is C12H12BrN3S. The molecular weight excluding hydrogens is 298 g/mol. The Balaban J connectivity index is 2.35. The second kappa shape index (κ2) is 5.42. The molecule has 0 aliphatic heterocycles. The predicted molar refractivity (Wildman–Crippen MR) is 75.9 cm³/mol. The number of benzene rings is 1. The molecule has 0 bridgehead atoms. The van der Waals surface area contributed by atoms with Crippen LogP contribution in [0.5, 0.6) is 0 Å². The van der Waals surface area contributed by atoms with Gasteiger partial charge in [-0.15, -0.1) is 0 Å². The van der Waals surface area contributed by atoms with Gasteiger partial charge in [0.15, 0.2) is 0 Å². The summed E-state index contributed by atoms with van der Waals surface area (Å²) in [5.41, 5.74) is 6.80. The van der Waals surface area contributed by atoms with Crippen molar-refractivity contribution in [2.75, 3.05) is 0 Å². The number of halogens is 1. The van der Waals surface area contributed by atoms with Crippen LogP contribution in [0.25, 0.3) is 0 Å². The van der Waals surface area contributed by atoms with Gasteiger partial charge in [-0.25, -0.2) is 0 Å². The summed E-state index contributed by atoms with van der Waals surface area (Å²) < 4.78 is 2.82. The standard InChI is InChI=1S/C12H12BrN3S/c13-10-7-15-16(8-10)11(6-12(14)17)9-4-2-1-3-5-9/h1-5,7-8,11H,6H2,(H2,14,17). The summed E-state index contributed by atoms with van der Waals surface area (Å²) >= 11 is 8.40. The lowest BCUT2D eigenvalue weighted by atomic mass is 10.0. The number of rotatable bonds is 4. The second-order valence-corrected chi connectivity index (χ2v) is 5.18. The van der Waals surface area contributed by atoms with Gasteiger partial charge in [0, 0.05) is 12.6 Å². The quantitative estimate of drug-likeness (QED) is 0.883. The van der Waals surface area contributed by atoms with Crippen molar-refractivity contribution in [3.63, 3.8) is 0 Å². The first-order chi connectivity index (χ1) is 8.16. The minimum atomic E-state index is 0.0556. The van der Waals surface area contributed by atoms with Crippen molar-refractivity contribution in [1.82, 2.24) is 9.78 Å². The van der Waals surface area contributed by atoms with Crippen molar-refractivity contribution < 1.29 is 0 Å². The lowest BCUT2D eigenvalue weighted by molar-refractivity contribution is 0.539. The average molecular weight is 310 g/mol. The molecule has 1 unspecified atom stereocenters. The average Bonchev–Trinajstić information content (AvgIpc) is 2.73. The molecule has 3 nitrogen and oxygen atoms in total. The third-order valence-corrected chi connectivity index (χ3v) is 3.04. The second-order valence-electron chi connectivity index (χ2n) is 3.74. The van der Waals surface area contributed by atoms with Crippen molar-refractivity contribution in [2.24, 2.45) is 5.73 Å². The fourth-order valence-electron chi connectivity index (χ4n) is 1.72. The van der Waals surface area contributed by atoms with Crippen LogP contribution in [-0.2, 0) is 0 Å². The van der Waals surface area contributed by atoms with Gasteiger partial charge in [-0.2, -0.15) is 5.10 Å². The summed E-state index contributed by atoms with van der Waals surface area (Å²) in [6.45, 7) is 0. The van der Waals surface area contributed by atoms with E-state index in [-0.39, 0.29) is 6.04 Å². The van der Waals surface area contributed by atoms with E-state index in [2.05, 4.69) is 33.2 Å². The van der Waals surface area contributed by atoms with Crippen LogP contribution in [0.1, 0.15) is 18.0 Å². The highest BCUT2D eigenvalue weighted by Crippen LogP contribution is 2.22. The maximum absolute atomic E-state index is 5.65. The summed E-state index contributed by atoms with van der Waals surface area (Å²) in [4.78, 5) is 0.491. The van der Waals surface area contributed by atoms with Crippen molar-refractivity contribution in [2.45, 2.75) is 12.5 Å². The summed E-state index contributed by atoms with van der Waals surface area (Å²) in [5.74, 6) is 0. The first kappa shape index (κ1) is 12.3. The van der Waals surface area contributed by atoms with E-state index >= 15 is 0 Å². The number of hydrogen-bond acceptors (Lipinski definition) is 2. The first-order valence-corrected chi connectivity index (χ1v) is 6.40. The lowest BCUT2D eigenvalue weighted by Gasteiger charge is -2.17. The SMILES string of the molecule is NC(=S)CC(c1ccccc1)n1cc(Br)cn1. The first-order valence-electron chi connectivity index (χ1n) is 5.19. The van der Waals surface area contributed by atoms with Gasteiger partial charge < -0.3 is 5.73 Å². The van der Waals surface area contributed by atoms with E-state index in [1.807, 2.05) is 29.1 Å². The minimum absolute atomic E-state index is 0.0556. The van der Waals surface area contributed by atoms with Crippen LogP contribution in [0.15, 0.2) is 47.2 Å². The molecule has 88 valence electrons. The summed E-state index contributed by atoms with van der Waals surface area (Å²) in [6.07, 6.45) is 4.29. The molecule has 0 spiro atoms. The largest absolute Gasteiger partial charge is 0.393 e. The van der Waals surface area contributed by atoms with Crippen LogP contribution in [-0.4, -0.2) is 14.8 Å². The smallest absolute Gasteiger partial charge is 0.0831 e. The van der Waals surface area contributed by atoms with Gasteiger partial charge in [0.2, 0.25) is 0 Å². The molecule has 0 aliphatic rings.